The van der Waals surface area contributed by atoms with E-state index in [-0.39, 0.29) is 17.2 Å². The largest absolute Gasteiger partial charge is 0.425 e. The lowest BCUT2D eigenvalue weighted by Crippen LogP contribution is -2.46. The van der Waals surface area contributed by atoms with E-state index in [1.54, 1.807) is 12.4 Å². The van der Waals surface area contributed by atoms with Gasteiger partial charge in [0.1, 0.15) is 0 Å². The van der Waals surface area contributed by atoms with Crippen molar-refractivity contribution < 1.29 is 9.21 Å². The molecule has 1 atom stereocenters. The highest BCUT2D eigenvalue weighted by Gasteiger charge is 2.51. The molecule has 0 radical (unpaired) electrons. The van der Waals surface area contributed by atoms with E-state index in [9.17, 15) is 4.79 Å². The van der Waals surface area contributed by atoms with Crippen LogP contribution >= 0.6 is 0 Å². The van der Waals surface area contributed by atoms with Gasteiger partial charge in [-0.2, -0.15) is 0 Å². The molecule has 28 heavy (non-hydrogen) atoms. The second-order valence-corrected chi connectivity index (χ2v) is 8.70. The third-order valence-corrected chi connectivity index (χ3v) is 6.14. The van der Waals surface area contributed by atoms with Gasteiger partial charge in [-0.15, -0.1) is 10.2 Å². The van der Waals surface area contributed by atoms with Gasteiger partial charge in [0.25, 0.3) is 5.91 Å². The van der Waals surface area contributed by atoms with Crippen molar-refractivity contribution in [1.82, 2.24) is 25.0 Å². The molecule has 2 aromatic heterocycles. The first-order chi connectivity index (χ1) is 13.5. The van der Waals surface area contributed by atoms with Gasteiger partial charge in [0, 0.05) is 52.0 Å². The van der Waals surface area contributed by atoms with Gasteiger partial charge in [-0.3, -0.25) is 9.78 Å². The molecule has 2 aliphatic rings. The maximum Gasteiger partial charge on any atom is 0.255 e. The molecule has 0 N–H and O–H groups in total. The predicted molar refractivity (Wildman–Crippen MR) is 105 cm³/mol. The topological polar surface area (TPSA) is 75.4 Å². The van der Waals surface area contributed by atoms with E-state index in [2.05, 4.69) is 33.9 Å². The summed E-state index contributed by atoms with van der Waals surface area (Å²) >= 11 is 0. The summed E-state index contributed by atoms with van der Waals surface area (Å²) in [7, 11) is 0. The number of pyridine rings is 1. The maximum absolute atomic E-state index is 12.8. The zero-order chi connectivity index (χ0) is 19.7. The molecule has 4 rings (SSSR count). The molecule has 150 valence electrons. The van der Waals surface area contributed by atoms with Crippen molar-refractivity contribution in [2.24, 2.45) is 11.3 Å². The van der Waals surface area contributed by atoms with E-state index in [0.717, 1.165) is 51.5 Å². The second kappa shape index (κ2) is 7.62. The molecule has 4 heterocycles. The molecule has 0 aliphatic carbocycles. The normalized spacial score (nSPS) is 22.3. The Morgan fingerprint density at radius 2 is 2.11 bits per heavy atom. The van der Waals surface area contributed by atoms with E-state index in [4.69, 9.17) is 4.42 Å². The van der Waals surface area contributed by atoms with Crippen LogP contribution in [0.4, 0.5) is 0 Å². The van der Waals surface area contributed by atoms with Gasteiger partial charge in [-0.25, -0.2) is 0 Å². The van der Waals surface area contributed by atoms with Gasteiger partial charge < -0.3 is 14.2 Å². The number of nitrogens with zero attached hydrogens (tertiary/aromatic N) is 5. The van der Waals surface area contributed by atoms with Crippen LogP contribution in [0.15, 0.2) is 28.9 Å². The van der Waals surface area contributed by atoms with E-state index < -0.39 is 0 Å². The minimum absolute atomic E-state index is 0.0742. The summed E-state index contributed by atoms with van der Waals surface area (Å²) < 4.78 is 5.85. The maximum atomic E-state index is 12.8. The Balaban J connectivity index is 1.51. The van der Waals surface area contributed by atoms with Crippen LogP contribution in [0.2, 0.25) is 0 Å². The summed E-state index contributed by atoms with van der Waals surface area (Å²) in [6, 6.07) is 3.65. The fourth-order valence-electron chi connectivity index (χ4n) is 4.85. The number of piperidine rings is 1. The molecule has 2 aromatic rings. The Morgan fingerprint density at radius 1 is 1.32 bits per heavy atom. The lowest BCUT2D eigenvalue weighted by molar-refractivity contribution is 0.0545. The quantitative estimate of drug-likeness (QED) is 0.808. The van der Waals surface area contributed by atoms with Crippen molar-refractivity contribution in [1.29, 1.82) is 0 Å². The van der Waals surface area contributed by atoms with Crippen molar-refractivity contribution in [3.63, 3.8) is 0 Å². The van der Waals surface area contributed by atoms with Gasteiger partial charge in [-0.1, -0.05) is 13.8 Å². The summed E-state index contributed by atoms with van der Waals surface area (Å²) in [5.74, 6) is 2.31. The summed E-state index contributed by atoms with van der Waals surface area (Å²) in [6.45, 7) is 10.9. The van der Waals surface area contributed by atoms with Crippen molar-refractivity contribution in [2.45, 2.75) is 39.5 Å². The van der Waals surface area contributed by atoms with Crippen LogP contribution in [-0.2, 0) is 0 Å². The fraction of sp³-hybridized carbons (Fsp3) is 0.619. The van der Waals surface area contributed by atoms with Crippen LogP contribution in [-0.4, -0.2) is 63.6 Å². The van der Waals surface area contributed by atoms with Crippen LogP contribution in [0.3, 0.4) is 0 Å². The van der Waals surface area contributed by atoms with Crippen molar-refractivity contribution >= 4 is 5.91 Å². The number of hydrogen-bond acceptors (Lipinski definition) is 6. The highest BCUT2D eigenvalue weighted by atomic mass is 16.4. The van der Waals surface area contributed by atoms with Gasteiger partial charge in [0.05, 0.1) is 11.5 Å². The van der Waals surface area contributed by atoms with E-state index in [1.807, 2.05) is 24.0 Å². The minimum Gasteiger partial charge on any atom is -0.425 e. The van der Waals surface area contributed by atoms with Gasteiger partial charge in [-0.05, 0) is 36.3 Å². The summed E-state index contributed by atoms with van der Waals surface area (Å²) in [4.78, 5) is 21.4. The van der Waals surface area contributed by atoms with Crippen molar-refractivity contribution in [2.75, 3.05) is 32.7 Å². The Labute approximate surface area is 166 Å². The number of carbonyl (C=O) groups is 1. The summed E-state index contributed by atoms with van der Waals surface area (Å²) in [5.41, 5.74) is 0.759. The van der Waals surface area contributed by atoms with Crippen LogP contribution in [0.25, 0.3) is 0 Å². The number of aryl methyl sites for hydroxylation is 1. The third kappa shape index (κ3) is 3.68. The number of amides is 1. The third-order valence-electron chi connectivity index (χ3n) is 6.14. The van der Waals surface area contributed by atoms with Crippen LogP contribution in [0.5, 0.6) is 0 Å². The van der Waals surface area contributed by atoms with Gasteiger partial charge in [0.15, 0.2) is 0 Å². The molecular formula is C21H29N5O2. The number of hydrogen-bond donors (Lipinski definition) is 0. The van der Waals surface area contributed by atoms with E-state index >= 15 is 0 Å². The molecule has 0 bridgehead atoms. The first-order valence-corrected chi connectivity index (χ1v) is 10.2. The Bertz CT molecular complexity index is 811. The average molecular weight is 383 g/mol. The van der Waals surface area contributed by atoms with E-state index in [0.29, 0.717) is 17.4 Å². The molecule has 1 spiro atoms. The highest BCUT2D eigenvalue weighted by Crippen LogP contribution is 2.49. The van der Waals surface area contributed by atoms with Crippen LogP contribution < -0.4 is 0 Å². The highest BCUT2D eigenvalue weighted by molar-refractivity contribution is 5.93. The number of aromatic nitrogens is 3. The minimum atomic E-state index is 0.0742. The predicted octanol–water partition coefficient (Wildman–Crippen LogP) is 2.75. The standard InChI is InChI=1S/C21H29N5O2/c1-15(2)12-25-13-18(19-24-23-16(3)28-19)21(14-25)6-9-26(10-7-21)20(27)17-5-4-8-22-11-17/h4-5,8,11,15,18H,6-7,9-10,12-14H2,1-3H3. The molecule has 0 saturated carbocycles. The van der Waals surface area contributed by atoms with Gasteiger partial charge in [0.2, 0.25) is 11.8 Å². The molecule has 2 aliphatic heterocycles. The van der Waals surface area contributed by atoms with Crippen LogP contribution in [0, 0.1) is 18.3 Å². The molecule has 1 unspecified atom stereocenters. The number of likely N-dealkylation sites (tertiary alicyclic amines) is 2. The zero-order valence-electron chi connectivity index (χ0n) is 17.0. The molecule has 0 aromatic carbocycles. The Hall–Kier alpha value is -2.28. The fourth-order valence-corrected chi connectivity index (χ4v) is 4.85. The van der Waals surface area contributed by atoms with Crippen molar-refractivity contribution in [3.8, 4) is 0 Å². The Morgan fingerprint density at radius 3 is 2.71 bits per heavy atom. The average Bonchev–Trinajstić information content (AvgIpc) is 3.25. The first kappa shape index (κ1) is 19.1. The Kier molecular flexibility index (Phi) is 5.19. The summed E-state index contributed by atoms with van der Waals surface area (Å²) in [6.07, 6.45) is 5.26. The lowest BCUT2D eigenvalue weighted by atomic mass is 9.70. The molecule has 7 nitrogen and oxygen atoms in total. The molecule has 7 heteroatoms. The first-order valence-electron chi connectivity index (χ1n) is 10.2. The lowest BCUT2D eigenvalue weighted by Gasteiger charge is -2.41. The monoisotopic (exact) mass is 383 g/mol. The van der Waals surface area contributed by atoms with Gasteiger partial charge >= 0.3 is 0 Å². The number of carbonyl (C=O) groups excluding carboxylic acids is 1. The molecular weight excluding hydrogens is 354 g/mol. The molecule has 2 saturated heterocycles. The summed E-state index contributed by atoms with van der Waals surface area (Å²) in [5, 5.41) is 8.43. The molecule has 2 fully saturated rings. The number of rotatable bonds is 4. The van der Waals surface area contributed by atoms with Crippen molar-refractivity contribution in [3.05, 3.63) is 41.9 Å². The van der Waals surface area contributed by atoms with Crippen LogP contribution in [0.1, 0.15) is 54.7 Å². The second-order valence-electron chi connectivity index (χ2n) is 8.70. The zero-order valence-corrected chi connectivity index (χ0v) is 17.0. The molecule has 1 amide bonds. The SMILES string of the molecule is Cc1nnc(C2CN(CC(C)C)CC23CCN(C(=O)c2cccnc2)CC3)o1. The smallest absolute Gasteiger partial charge is 0.255 e. The van der Waals surface area contributed by atoms with E-state index in [1.165, 1.54) is 0 Å².